The van der Waals surface area contributed by atoms with Crippen LogP contribution < -0.4 is 15.8 Å². The first-order chi connectivity index (χ1) is 13.0. The zero-order valence-corrected chi connectivity index (χ0v) is 16.0. The van der Waals surface area contributed by atoms with Crippen LogP contribution in [0.15, 0.2) is 48.5 Å². The fourth-order valence-corrected chi connectivity index (χ4v) is 3.22. The number of amides is 1. The van der Waals surface area contributed by atoms with Gasteiger partial charge in [0.2, 0.25) is 5.91 Å². The summed E-state index contributed by atoms with van der Waals surface area (Å²) in [6.07, 6.45) is 2.02. The largest absolute Gasteiger partial charge is 0.490 e. The smallest absolute Gasteiger partial charge is 0.229 e. The molecule has 1 aliphatic heterocycles. The molecule has 1 saturated heterocycles. The number of hydrogen-bond acceptors (Lipinski definition) is 4. The molecule has 0 saturated carbocycles. The van der Waals surface area contributed by atoms with Gasteiger partial charge in [-0.15, -0.1) is 0 Å². The lowest BCUT2D eigenvalue weighted by Gasteiger charge is -2.24. The number of nitrogens with one attached hydrogen (secondary N) is 1. The topological polar surface area (TPSA) is 73.6 Å². The second-order valence-corrected chi connectivity index (χ2v) is 7.12. The number of hydrogen-bond donors (Lipinski definition) is 2. The van der Waals surface area contributed by atoms with Crippen LogP contribution in [0.1, 0.15) is 36.9 Å². The van der Waals surface area contributed by atoms with Gasteiger partial charge in [0.25, 0.3) is 0 Å². The third-order valence-electron chi connectivity index (χ3n) is 5.04. The number of ether oxygens (including phenoxy) is 2. The molecule has 0 aromatic heterocycles. The van der Waals surface area contributed by atoms with E-state index in [4.69, 9.17) is 15.2 Å². The van der Waals surface area contributed by atoms with Crippen LogP contribution in [-0.2, 0) is 9.53 Å². The summed E-state index contributed by atoms with van der Waals surface area (Å²) in [7, 11) is 0. The third-order valence-corrected chi connectivity index (χ3v) is 5.04. The predicted molar refractivity (Wildman–Crippen MR) is 107 cm³/mol. The molecule has 3 N–H and O–H groups in total. The van der Waals surface area contributed by atoms with Crippen molar-refractivity contribution in [2.75, 3.05) is 18.5 Å². The van der Waals surface area contributed by atoms with Crippen LogP contribution in [0.5, 0.6) is 5.75 Å². The first kappa shape index (κ1) is 19.4. The maximum atomic E-state index is 12.6. The molecule has 5 nitrogen and oxygen atoms in total. The summed E-state index contributed by atoms with van der Waals surface area (Å²) in [6.45, 7) is 5.33. The van der Waals surface area contributed by atoms with Crippen molar-refractivity contribution < 1.29 is 14.3 Å². The molecular weight excluding hydrogens is 340 g/mol. The molecule has 144 valence electrons. The van der Waals surface area contributed by atoms with Crippen LogP contribution in [0, 0.1) is 12.8 Å². The Morgan fingerprint density at radius 3 is 2.56 bits per heavy atom. The van der Waals surface area contributed by atoms with E-state index in [0.29, 0.717) is 0 Å². The molecule has 2 unspecified atom stereocenters. The number of nitrogens with two attached hydrogens (primary N) is 1. The summed E-state index contributed by atoms with van der Waals surface area (Å²) in [4.78, 5) is 12.6. The molecule has 0 radical (unpaired) electrons. The standard InChI is InChI=1S/C22H28N2O3/c1-15-14-18(8-9-20(15)27-19-10-12-26-13-11-19)24-22(25)16(2)21(23)17-6-4-3-5-7-17/h3-9,14,16,19,21H,10-13,23H2,1-2H3,(H,24,25). The second kappa shape index (κ2) is 9.02. The van der Waals surface area contributed by atoms with Gasteiger partial charge in [-0.05, 0) is 36.2 Å². The van der Waals surface area contributed by atoms with Crippen LogP contribution in [0.2, 0.25) is 0 Å². The molecule has 27 heavy (non-hydrogen) atoms. The van der Waals surface area contributed by atoms with E-state index in [1.807, 2.05) is 62.4 Å². The summed E-state index contributed by atoms with van der Waals surface area (Å²) in [5.74, 6) is 0.420. The van der Waals surface area contributed by atoms with Gasteiger partial charge in [-0.1, -0.05) is 37.3 Å². The number of carbonyl (C=O) groups excluding carboxylic acids is 1. The molecule has 5 heteroatoms. The molecule has 1 amide bonds. The Hall–Kier alpha value is -2.37. The zero-order valence-electron chi connectivity index (χ0n) is 16.0. The average molecular weight is 368 g/mol. The maximum Gasteiger partial charge on any atom is 0.229 e. The summed E-state index contributed by atoms with van der Waals surface area (Å²) < 4.78 is 11.4. The molecule has 2 aromatic carbocycles. The molecule has 0 bridgehead atoms. The fourth-order valence-electron chi connectivity index (χ4n) is 3.22. The number of carbonyl (C=O) groups is 1. The van der Waals surface area contributed by atoms with Crippen LogP contribution in [-0.4, -0.2) is 25.2 Å². The number of benzene rings is 2. The highest BCUT2D eigenvalue weighted by Crippen LogP contribution is 2.26. The minimum Gasteiger partial charge on any atom is -0.490 e. The first-order valence-corrected chi connectivity index (χ1v) is 9.51. The minimum atomic E-state index is -0.344. The average Bonchev–Trinajstić information content (AvgIpc) is 2.70. The van der Waals surface area contributed by atoms with Crippen LogP contribution in [0.25, 0.3) is 0 Å². The lowest BCUT2D eigenvalue weighted by Crippen LogP contribution is -2.30. The van der Waals surface area contributed by atoms with Crippen LogP contribution >= 0.6 is 0 Å². The maximum absolute atomic E-state index is 12.6. The molecule has 2 aromatic rings. The Morgan fingerprint density at radius 2 is 1.89 bits per heavy atom. The first-order valence-electron chi connectivity index (χ1n) is 9.51. The summed E-state index contributed by atoms with van der Waals surface area (Å²) in [6, 6.07) is 15.1. The van der Waals surface area contributed by atoms with E-state index in [-0.39, 0.29) is 24.0 Å². The Morgan fingerprint density at radius 1 is 1.19 bits per heavy atom. The molecule has 1 heterocycles. The van der Waals surface area contributed by atoms with Gasteiger partial charge in [0.1, 0.15) is 11.9 Å². The van der Waals surface area contributed by atoms with Gasteiger partial charge in [-0.3, -0.25) is 4.79 Å². The van der Waals surface area contributed by atoms with Gasteiger partial charge in [-0.25, -0.2) is 0 Å². The quantitative estimate of drug-likeness (QED) is 0.813. The van der Waals surface area contributed by atoms with Crippen molar-refractivity contribution in [3.05, 3.63) is 59.7 Å². The van der Waals surface area contributed by atoms with Gasteiger partial charge in [0.05, 0.1) is 19.1 Å². The Kier molecular flexibility index (Phi) is 6.48. The highest BCUT2D eigenvalue weighted by Gasteiger charge is 2.22. The van der Waals surface area contributed by atoms with E-state index < -0.39 is 0 Å². The van der Waals surface area contributed by atoms with Gasteiger partial charge >= 0.3 is 0 Å². The van der Waals surface area contributed by atoms with Crippen molar-refractivity contribution in [3.63, 3.8) is 0 Å². The lowest BCUT2D eigenvalue weighted by molar-refractivity contribution is -0.120. The Balaban J connectivity index is 1.61. The molecule has 1 aliphatic rings. The van der Waals surface area contributed by atoms with E-state index in [1.165, 1.54) is 0 Å². The van der Waals surface area contributed by atoms with Crippen LogP contribution in [0.4, 0.5) is 5.69 Å². The molecule has 3 rings (SSSR count). The monoisotopic (exact) mass is 368 g/mol. The van der Waals surface area contributed by atoms with E-state index in [1.54, 1.807) is 0 Å². The lowest BCUT2D eigenvalue weighted by atomic mass is 9.94. The summed E-state index contributed by atoms with van der Waals surface area (Å²) in [5, 5.41) is 2.97. The Bertz CT molecular complexity index is 757. The third kappa shape index (κ3) is 5.08. The normalized spacial score (nSPS) is 17.1. The Labute approximate surface area is 160 Å². The van der Waals surface area contributed by atoms with Crippen molar-refractivity contribution >= 4 is 11.6 Å². The van der Waals surface area contributed by atoms with Gasteiger partial charge < -0.3 is 20.5 Å². The van der Waals surface area contributed by atoms with Gasteiger partial charge in [0, 0.05) is 24.6 Å². The van der Waals surface area contributed by atoms with E-state index >= 15 is 0 Å². The number of rotatable bonds is 6. The minimum absolute atomic E-state index is 0.0937. The zero-order chi connectivity index (χ0) is 19.2. The van der Waals surface area contributed by atoms with Crippen molar-refractivity contribution in [2.45, 2.75) is 38.8 Å². The number of aryl methyl sites for hydroxylation is 1. The molecule has 2 atom stereocenters. The molecule has 0 aliphatic carbocycles. The highest BCUT2D eigenvalue weighted by atomic mass is 16.5. The highest BCUT2D eigenvalue weighted by molar-refractivity contribution is 5.93. The van der Waals surface area contributed by atoms with E-state index in [2.05, 4.69) is 5.32 Å². The molecule has 0 spiro atoms. The van der Waals surface area contributed by atoms with Crippen molar-refractivity contribution in [3.8, 4) is 5.75 Å². The SMILES string of the molecule is Cc1cc(NC(=O)C(C)C(N)c2ccccc2)ccc1OC1CCOCC1. The summed E-state index contributed by atoms with van der Waals surface area (Å²) >= 11 is 0. The predicted octanol–water partition coefficient (Wildman–Crippen LogP) is 3.83. The van der Waals surface area contributed by atoms with Gasteiger partial charge in [0.15, 0.2) is 0 Å². The number of anilines is 1. The second-order valence-electron chi connectivity index (χ2n) is 7.12. The molecular formula is C22H28N2O3. The van der Waals surface area contributed by atoms with E-state index in [9.17, 15) is 4.79 Å². The van der Waals surface area contributed by atoms with Gasteiger partial charge in [-0.2, -0.15) is 0 Å². The van der Waals surface area contributed by atoms with Crippen molar-refractivity contribution in [2.24, 2.45) is 11.7 Å². The van der Waals surface area contributed by atoms with Crippen molar-refractivity contribution in [1.82, 2.24) is 0 Å². The molecule has 1 fully saturated rings. The van der Waals surface area contributed by atoms with Crippen LogP contribution in [0.3, 0.4) is 0 Å². The van der Waals surface area contributed by atoms with Crippen molar-refractivity contribution in [1.29, 1.82) is 0 Å². The fraction of sp³-hybridized carbons (Fsp3) is 0.409. The van der Waals surface area contributed by atoms with E-state index in [0.717, 1.165) is 48.6 Å². The summed E-state index contributed by atoms with van der Waals surface area (Å²) in [5.41, 5.74) is 8.97.